The van der Waals surface area contributed by atoms with Crippen LogP contribution in [0.3, 0.4) is 0 Å². The molecule has 0 spiro atoms. The van der Waals surface area contributed by atoms with Crippen LogP contribution in [0.4, 0.5) is 0 Å². The van der Waals surface area contributed by atoms with E-state index >= 15 is 0 Å². The third kappa shape index (κ3) is 2.97. The Hall–Kier alpha value is -1.20. The van der Waals surface area contributed by atoms with Crippen LogP contribution in [0.25, 0.3) is 0 Å². The van der Waals surface area contributed by atoms with Crippen LogP contribution in [0.15, 0.2) is 29.2 Å². The summed E-state index contributed by atoms with van der Waals surface area (Å²) in [5, 5.41) is 0. The highest BCUT2D eigenvalue weighted by atomic mass is 32.2. The zero-order valence-electron chi connectivity index (χ0n) is 13.1. The van der Waals surface area contributed by atoms with Crippen LogP contribution < -0.4 is 4.72 Å². The number of fused-ring (bicyclic) bond motifs is 2. The van der Waals surface area contributed by atoms with Gasteiger partial charge in [0.05, 0.1) is 4.90 Å². The van der Waals surface area contributed by atoms with Gasteiger partial charge in [-0.15, -0.1) is 0 Å². The summed E-state index contributed by atoms with van der Waals surface area (Å²) in [5.74, 6) is 1.79. The lowest BCUT2D eigenvalue weighted by molar-refractivity contribution is 0.101. The molecular weight excluding hydrogens is 298 g/mol. The van der Waals surface area contributed by atoms with E-state index in [1.54, 1.807) is 18.2 Å². The van der Waals surface area contributed by atoms with Gasteiger partial charge in [-0.1, -0.05) is 18.6 Å². The third-order valence-corrected chi connectivity index (χ3v) is 6.88. The minimum Gasteiger partial charge on any atom is -0.295 e. The van der Waals surface area contributed by atoms with Gasteiger partial charge >= 0.3 is 0 Å². The van der Waals surface area contributed by atoms with Crippen LogP contribution in [0, 0.1) is 17.8 Å². The van der Waals surface area contributed by atoms with Gasteiger partial charge in [-0.05, 0) is 63.0 Å². The van der Waals surface area contributed by atoms with Crippen LogP contribution in [-0.2, 0) is 10.0 Å². The first-order valence-electron chi connectivity index (χ1n) is 8.00. The van der Waals surface area contributed by atoms with Gasteiger partial charge in [0, 0.05) is 11.6 Å². The summed E-state index contributed by atoms with van der Waals surface area (Å²) in [7, 11) is -3.57. The van der Waals surface area contributed by atoms with Crippen molar-refractivity contribution >= 4 is 15.8 Å². The summed E-state index contributed by atoms with van der Waals surface area (Å²) in [6, 6.07) is 6.20. The molecule has 2 fully saturated rings. The SMILES string of the molecule is CC(=O)c1cccc(S(=O)(=O)N[C@@H](C)[C@H]2C[C@@H]3CC[C@@H]2C3)c1. The molecule has 0 amide bonds. The third-order valence-electron chi connectivity index (χ3n) is 5.33. The first-order chi connectivity index (χ1) is 10.4. The molecule has 2 saturated carbocycles. The standard InChI is InChI=1S/C17H23NO3S/c1-11(17-9-13-6-7-15(17)8-13)18-22(20,21)16-5-3-4-14(10-16)12(2)19/h3-5,10-11,13,15,17-18H,6-9H2,1-2H3/t11-,13+,15+,17+/m0/s1. The first kappa shape index (κ1) is 15.7. The molecular formula is C17H23NO3S. The van der Waals surface area contributed by atoms with E-state index in [1.807, 2.05) is 6.92 Å². The minimum absolute atomic E-state index is 0.0544. The molecule has 0 heterocycles. The number of benzene rings is 1. The highest BCUT2D eigenvalue weighted by molar-refractivity contribution is 7.89. The highest BCUT2D eigenvalue weighted by Gasteiger charge is 2.42. The van der Waals surface area contributed by atoms with Crippen LogP contribution in [0.2, 0.25) is 0 Å². The zero-order valence-corrected chi connectivity index (χ0v) is 13.9. The van der Waals surface area contributed by atoms with Gasteiger partial charge in [-0.2, -0.15) is 0 Å². The second-order valence-electron chi connectivity index (χ2n) is 6.83. The molecule has 2 aliphatic carbocycles. The van der Waals surface area contributed by atoms with Crippen molar-refractivity contribution in [2.75, 3.05) is 0 Å². The fourth-order valence-electron chi connectivity index (χ4n) is 4.19. The fraction of sp³-hybridized carbons (Fsp3) is 0.588. The van der Waals surface area contributed by atoms with E-state index in [0.717, 1.165) is 12.3 Å². The maximum absolute atomic E-state index is 12.6. The Morgan fingerprint density at radius 1 is 1.27 bits per heavy atom. The van der Waals surface area contributed by atoms with Gasteiger partial charge in [0.1, 0.15) is 0 Å². The molecule has 0 aromatic heterocycles. The number of carbonyl (C=O) groups excluding carboxylic acids is 1. The average molecular weight is 321 g/mol. The van der Waals surface area contributed by atoms with E-state index in [0.29, 0.717) is 17.4 Å². The zero-order chi connectivity index (χ0) is 15.9. The van der Waals surface area contributed by atoms with Crippen molar-refractivity contribution in [3.8, 4) is 0 Å². The molecule has 0 saturated heterocycles. The molecule has 1 aromatic carbocycles. The van der Waals surface area contributed by atoms with E-state index in [2.05, 4.69) is 4.72 Å². The van der Waals surface area contributed by atoms with Gasteiger partial charge in [-0.25, -0.2) is 13.1 Å². The van der Waals surface area contributed by atoms with Crippen molar-refractivity contribution in [3.05, 3.63) is 29.8 Å². The molecule has 120 valence electrons. The second kappa shape index (κ2) is 5.78. The number of rotatable bonds is 5. The topological polar surface area (TPSA) is 63.2 Å². The molecule has 1 N–H and O–H groups in total. The number of Topliss-reactive ketones (excluding diaryl/α,β-unsaturated/α-hetero) is 1. The Morgan fingerprint density at radius 2 is 2.05 bits per heavy atom. The molecule has 0 aliphatic heterocycles. The quantitative estimate of drug-likeness (QED) is 0.848. The number of ketones is 1. The molecule has 4 atom stereocenters. The van der Waals surface area contributed by atoms with E-state index in [1.165, 1.54) is 32.3 Å². The Morgan fingerprint density at radius 3 is 2.64 bits per heavy atom. The molecule has 4 nitrogen and oxygen atoms in total. The summed E-state index contributed by atoms with van der Waals surface area (Å²) in [4.78, 5) is 11.6. The van der Waals surface area contributed by atoms with E-state index in [9.17, 15) is 13.2 Å². The normalized spacial score (nSPS) is 28.7. The van der Waals surface area contributed by atoms with Gasteiger partial charge in [0.2, 0.25) is 10.0 Å². The Balaban J connectivity index is 1.76. The van der Waals surface area contributed by atoms with Gasteiger partial charge < -0.3 is 0 Å². The van der Waals surface area contributed by atoms with Crippen molar-refractivity contribution in [1.29, 1.82) is 0 Å². The molecule has 2 bridgehead atoms. The molecule has 5 heteroatoms. The van der Waals surface area contributed by atoms with Crippen molar-refractivity contribution in [2.45, 2.75) is 50.5 Å². The van der Waals surface area contributed by atoms with Gasteiger partial charge in [0.15, 0.2) is 5.78 Å². The maximum Gasteiger partial charge on any atom is 0.240 e. The lowest BCUT2D eigenvalue weighted by Gasteiger charge is -2.28. The molecule has 1 aromatic rings. The van der Waals surface area contributed by atoms with Gasteiger partial charge in [-0.3, -0.25) is 4.79 Å². The molecule has 2 aliphatic rings. The molecule has 0 unspecified atom stereocenters. The summed E-state index contributed by atoms with van der Waals surface area (Å²) in [5.41, 5.74) is 0.426. The smallest absolute Gasteiger partial charge is 0.240 e. The Kier molecular flexibility index (Phi) is 4.12. The molecule has 0 radical (unpaired) electrons. The van der Waals surface area contributed by atoms with E-state index in [4.69, 9.17) is 0 Å². The molecule has 22 heavy (non-hydrogen) atoms. The number of carbonyl (C=O) groups is 1. The van der Waals surface area contributed by atoms with Crippen LogP contribution >= 0.6 is 0 Å². The Bertz CT molecular complexity index is 683. The summed E-state index contributed by atoms with van der Waals surface area (Å²) >= 11 is 0. The van der Waals surface area contributed by atoms with Crippen LogP contribution in [0.1, 0.15) is 49.9 Å². The predicted octanol–water partition coefficient (Wildman–Crippen LogP) is 2.99. The van der Waals surface area contributed by atoms with Crippen molar-refractivity contribution < 1.29 is 13.2 Å². The highest BCUT2D eigenvalue weighted by Crippen LogP contribution is 2.49. The summed E-state index contributed by atoms with van der Waals surface area (Å²) in [6.45, 7) is 3.41. The van der Waals surface area contributed by atoms with Crippen molar-refractivity contribution in [3.63, 3.8) is 0 Å². The predicted molar refractivity (Wildman–Crippen MR) is 85.2 cm³/mol. The Labute approximate surface area is 132 Å². The number of hydrogen-bond donors (Lipinski definition) is 1. The number of hydrogen-bond acceptors (Lipinski definition) is 3. The lowest BCUT2D eigenvalue weighted by Crippen LogP contribution is -2.40. The fourth-order valence-corrected chi connectivity index (χ4v) is 5.53. The monoisotopic (exact) mass is 321 g/mol. The summed E-state index contributed by atoms with van der Waals surface area (Å²) < 4.78 is 27.9. The number of sulfonamides is 1. The summed E-state index contributed by atoms with van der Waals surface area (Å²) in [6.07, 6.45) is 4.95. The largest absolute Gasteiger partial charge is 0.295 e. The van der Waals surface area contributed by atoms with E-state index < -0.39 is 10.0 Å². The van der Waals surface area contributed by atoms with Gasteiger partial charge in [0.25, 0.3) is 0 Å². The van der Waals surface area contributed by atoms with Crippen LogP contribution in [0.5, 0.6) is 0 Å². The first-order valence-corrected chi connectivity index (χ1v) is 9.48. The molecule has 3 rings (SSSR count). The average Bonchev–Trinajstić information content (AvgIpc) is 3.09. The lowest BCUT2D eigenvalue weighted by atomic mass is 9.84. The van der Waals surface area contributed by atoms with Crippen molar-refractivity contribution in [1.82, 2.24) is 4.72 Å². The minimum atomic E-state index is -3.57. The number of nitrogens with one attached hydrogen (secondary N) is 1. The van der Waals surface area contributed by atoms with Crippen LogP contribution in [-0.4, -0.2) is 20.2 Å². The second-order valence-corrected chi connectivity index (χ2v) is 8.55. The van der Waals surface area contributed by atoms with Crippen molar-refractivity contribution in [2.24, 2.45) is 17.8 Å². The van der Waals surface area contributed by atoms with E-state index in [-0.39, 0.29) is 16.7 Å². The maximum atomic E-state index is 12.6.